The van der Waals surface area contributed by atoms with Crippen LogP contribution in [0.4, 0.5) is 10.3 Å². The summed E-state index contributed by atoms with van der Waals surface area (Å²) in [6.07, 6.45) is 0. The smallest absolute Gasteiger partial charge is 0.201 e. The Hall–Kier alpha value is -1.62. The van der Waals surface area contributed by atoms with Crippen LogP contribution in [0, 0.1) is 5.82 Å². The molecule has 0 spiro atoms. The first-order valence-corrected chi connectivity index (χ1v) is 5.00. The second-order valence-corrected chi connectivity index (χ2v) is 4.41. The lowest BCUT2D eigenvalue weighted by molar-refractivity contribution is 0.169. The molecule has 1 heterocycles. The highest BCUT2D eigenvalue weighted by molar-refractivity contribution is 5.78. The van der Waals surface area contributed by atoms with E-state index in [0.717, 1.165) is 0 Å². The van der Waals surface area contributed by atoms with Gasteiger partial charge >= 0.3 is 0 Å². The van der Waals surface area contributed by atoms with Crippen molar-refractivity contribution < 1.29 is 9.50 Å². The van der Waals surface area contributed by atoms with Gasteiger partial charge in [-0.2, -0.15) is 0 Å². The van der Waals surface area contributed by atoms with Gasteiger partial charge in [0.15, 0.2) is 0 Å². The summed E-state index contributed by atoms with van der Waals surface area (Å²) in [4.78, 5) is 4.13. The normalized spacial score (nSPS) is 12.2. The number of fused-ring (bicyclic) bond motifs is 1. The monoisotopic (exact) mass is 223 g/mol. The number of imidazole rings is 1. The predicted octanol–water partition coefficient (Wildman–Crippen LogP) is 1.48. The lowest BCUT2D eigenvalue weighted by Crippen LogP contribution is -2.31. The molecule has 16 heavy (non-hydrogen) atoms. The van der Waals surface area contributed by atoms with Gasteiger partial charge in [-0.1, -0.05) is 0 Å². The molecule has 0 aliphatic rings. The average molecular weight is 223 g/mol. The number of nitrogen functional groups attached to an aromatic ring is 1. The van der Waals surface area contributed by atoms with E-state index in [-0.39, 0.29) is 18.4 Å². The van der Waals surface area contributed by atoms with E-state index < -0.39 is 5.54 Å². The summed E-state index contributed by atoms with van der Waals surface area (Å²) in [5.74, 6) is -0.0676. The highest BCUT2D eigenvalue weighted by Gasteiger charge is 2.24. The Balaban J connectivity index is 2.77. The van der Waals surface area contributed by atoms with Crippen LogP contribution in [0.3, 0.4) is 0 Å². The largest absolute Gasteiger partial charge is 0.394 e. The molecule has 0 saturated carbocycles. The van der Waals surface area contributed by atoms with E-state index in [1.165, 1.54) is 12.1 Å². The summed E-state index contributed by atoms with van der Waals surface area (Å²) in [5.41, 5.74) is 6.40. The van der Waals surface area contributed by atoms with Crippen molar-refractivity contribution in [3.8, 4) is 0 Å². The molecule has 0 radical (unpaired) electrons. The molecule has 3 N–H and O–H groups in total. The van der Waals surface area contributed by atoms with Crippen LogP contribution in [0.5, 0.6) is 0 Å². The van der Waals surface area contributed by atoms with Crippen LogP contribution in [0.2, 0.25) is 0 Å². The first-order valence-electron chi connectivity index (χ1n) is 5.00. The maximum absolute atomic E-state index is 13.2. The third-order valence-electron chi connectivity index (χ3n) is 2.63. The number of aliphatic hydroxyl groups is 1. The molecule has 0 amide bonds. The molecule has 86 valence electrons. The number of anilines is 1. The number of nitrogens with zero attached hydrogens (tertiary/aromatic N) is 2. The van der Waals surface area contributed by atoms with Crippen molar-refractivity contribution in [1.82, 2.24) is 9.55 Å². The first-order chi connectivity index (χ1) is 7.45. The van der Waals surface area contributed by atoms with E-state index in [9.17, 15) is 9.50 Å². The van der Waals surface area contributed by atoms with Gasteiger partial charge in [-0.05, 0) is 32.0 Å². The van der Waals surface area contributed by atoms with E-state index in [2.05, 4.69) is 4.98 Å². The van der Waals surface area contributed by atoms with Crippen LogP contribution in [0.1, 0.15) is 13.8 Å². The molecule has 0 atom stereocenters. The van der Waals surface area contributed by atoms with Gasteiger partial charge in [0, 0.05) is 0 Å². The van der Waals surface area contributed by atoms with E-state index in [4.69, 9.17) is 5.73 Å². The van der Waals surface area contributed by atoms with Gasteiger partial charge in [-0.15, -0.1) is 0 Å². The summed E-state index contributed by atoms with van der Waals surface area (Å²) < 4.78 is 14.8. The van der Waals surface area contributed by atoms with Crippen molar-refractivity contribution in [2.24, 2.45) is 0 Å². The fourth-order valence-electron chi connectivity index (χ4n) is 1.77. The first kappa shape index (κ1) is 10.9. The Bertz CT molecular complexity index is 533. The molecule has 4 nitrogen and oxygen atoms in total. The van der Waals surface area contributed by atoms with E-state index in [1.807, 2.05) is 13.8 Å². The van der Waals surface area contributed by atoms with Crippen LogP contribution in [-0.2, 0) is 5.54 Å². The van der Waals surface area contributed by atoms with Gasteiger partial charge in [-0.25, -0.2) is 9.37 Å². The highest BCUT2D eigenvalue weighted by Crippen LogP contribution is 2.26. The van der Waals surface area contributed by atoms with Gasteiger partial charge in [0.1, 0.15) is 5.82 Å². The Labute approximate surface area is 92.5 Å². The zero-order chi connectivity index (χ0) is 11.9. The van der Waals surface area contributed by atoms with Crippen molar-refractivity contribution >= 4 is 17.0 Å². The molecule has 0 aliphatic heterocycles. The van der Waals surface area contributed by atoms with Gasteiger partial charge < -0.3 is 15.4 Å². The summed E-state index contributed by atoms with van der Waals surface area (Å²) in [5, 5.41) is 9.32. The number of hydrogen-bond acceptors (Lipinski definition) is 3. The predicted molar refractivity (Wildman–Crippen MR) is 60.5 cm³/mol. The van der Waals surface area contributed by atoms with Crippen LogP contribution >= 0.6 is 0 Å². The van der Waals surface area contributed by atoms with Crippen LogP contribution in [0.15, 0.2) is 18.2 Å². The summed E-state index contributed by atoms with van der Waals surface area (Å²) in [6.45, 7) is 3.53. The molecule has 1 aromatic heterocycles. The Morgan fingerprint density at radius 1 is 1.50 bits per heavy atom. The minimum absolute atomic E-state index is 0.0980. The SMILES string of the molecule is CC(C)(CO)n1c(N)nc2ccc(F)cc21. The quantitative estimate of drug-likeness (QED) is 0.810. The Morgan fingerprint density at radius 2 is 2.19 bits per heavy atom. The second-order valence-electron chi connectivity index (χ2n) is 4.41. The molecular formula is C11H14FN3O. The van der Waals surface area contributed by atoms with Crippen molar-refractivity contribution in [3.05, 3.63) is 24.0 Å². The molecule has 0 unspecified atom stereocenters. The zero-order valence-corrected chi connectivity index (χ0v) is 9.24. The lowest BCUT2D eigenvalue weighted by atomic mass is 10.1. The number of hydrogen-bond donors (Lipinski definition) is 2. The fourth-order valence-corrected chi connectivity index (χ4v) is 1.77. The topological polar surface area (TPSA) is 64.1 Å². The maximum Gasteiger partial charge on any atom is 0.201 e. The van der Waals surface area contributed by atoms with Gasteiger partial charge in [0.05, 0.1) is 23.2 Å². The zero-order valence-electron chi connectivity index (χ0n) is 9.24. The number of halogens is 1. The number of nitrogens with two attached hydrogens (primary N) is 1. The number of aliphatic hydroxyl groups excluding tert-OH is 1. The fraction of sp³-hybridized carbons (Fsp3) is 0.364. The molecule has 0 saturated heterocycles. The van der Waals surface area contributed by atoms with Crippen LogP contribution in [-0.4, -0.2) is 21.3 Å². The maximum atomic E-state index is 13.2. The van der Waals surface area contributed by atoms with Gasteiger partial charge in [0.25, 0.3) is 0 Å². The number of benzene rings is 1. The van der Waals surface area contributed by atoms with Crippen LogP contribution < -0.4 is 5.73 Å². The molecule has 0 aliphatic carbocycles. The third-order valence-corrected chi connectivity index (χ3v) is 2.63. The van der Waals surface area contributed by atoms with E-state index in [0.29, 0.717) is 11.0 Å². The Kier molecular flexibility index (Phi) is 2.35. The van der Waals surface area contributed by atoms with E-state index in [1.54, 1.807) is 10.6 Å². The third kappa shape index (κ3) is 1.53. The minimum atomic E-state index is -0.605. The average Bonchev–Trinajstić information content (AvgIpc) is 2.54. The Morgan fingerprint density at radius 3 is 2.81 bits per heavy atom. The van der Waals surface area contributed by atoms with Gasteiger partial charge in [-0.3, -0.25) is 0 Å². The summed E-state index contributed by atoms with van der Waals surface area (Å²) in [6, 6.07) is 4.28. The van der Waals surface area contributed by atoms with Crippen molar-refractivity contribution in [3.63, 3.8) is 0 Å². The molecule has 5 heteroatoms. The molecule has 0 fully saturated rings. The molecule has 1 aromatic carbocycles. The van der Waals surface area contributed by atoms with Crippen molar-refractivity contribution in [2.45, 2.75) is 19.4 Å². The van der Waals surface area contributed by atoms with Crippen molar-refractivity contribution in [2.75, 3.05) is 12.3 Å². The standard InChI is InChI=1S/C11H14FN3O/c1-11(2,6-16)15-9-5-7(12)3-4-8(9)14-10(15)13/h3-5,16H,6H2,1-2H3,(H2,13,14). The van der Waals surface area contributed by atoms with Crippen molar-refractivity contribution in [1.29, 1.82) is 0 Å². The minimum Gasteiger partial charge on any atom is -0.394 e. The van der Waals surface area contributed by atoms with E-state index >= 15 is 0 Å². The number of aromatic nitrogens is 2. The summed E-state index contributed by atoms with van der Waals surface area (Å²) in [7, 11) is 0. The van der Waals surface area contributed by atoms with Crippen LogP contribution in [0.25, 0.3) is 11.0 Å². The molecule has 2 aromatic rings. The molecule has 2 rings (SSSR count). The second kappa shape index (κ2) is 3.45. The lowest BCUT2D eigenvalue weighted by Gasteiger charge is -2.25. The molecule has 0 bridgehead atoms. The van der Waals surface area contributed by atoms with Gasteiger partial charge in [0.2, 0.25) is 5.95 Å². The molecular weight excluding hydrogens is 209 g/mol. The highest BCUT2D eigenvalue weighted by atomic mass is 19.1. The number of rotatable bonds is 2. The summed E-state index contributed by atoms with van der Waals surface area (Å²) >= 11 is 0.